The molecule has 0 saturated carbocycles. The van der Waals surface area contributed by atoms with E-state index in [4.69, 9.17) is 14.2 Å². The van der Waals surface area contributed by atoms with Crippen LogP contribution in [0.1, 0.15) is 50.3 Å². The van der Waals surface area contributed by atoms with E-state index in [0.717, 1.165) is 12.2 Å². The maximum atomic E-state index is 15.0. The fraction of sp³-hybridized carbons (Fsp3) is 0.633. The lowest BCUT2D eigenvalue weighted by Gasteiger charge is -2.33. The van der Waals surface area contributed by atoms with Crippen LogP contribution in [0.5, 0.6) is 5.75 Å². The van der Waals surface area contributed by atoms with Crippen LogP contribution in [0.4, 0.5) is 28.0 Å². The summed E-state index contributed by atoms with van der Waals surface area (Å²) in [5.74, 6) is -0.499. The summed E-state index contributed by atoms with van der Waals surface area (Å²) < 4.78 is 74.8. The summed E-state index contributed by atoms with van der Waals surface area (Å²) in [6, 6.07) is 3.58. The Morgan fingerprint density at radius 2 is 1.70 bits per heavy atom. The van der Waals surface area contributed by atoms with Crippen LogP contribution in [0.2, 0.25) is 25.7 Å². The number of alkyl halides is 3. The normalized spacial score (nSPS) is 16.3. The largest absolute Gasteiger partial charge is 0.490 e. The molecule has 9 nitrogen and oxygen atoms in total. The molecule has 2 aliphatic heterocycles. The summed E-state index contributed by atoms with van der Waals surface area (Å²) in [4.78, 5) is 28.2. The molecule has 2 aliphatic rings. The van der Waals surface area contributed by atoms with Crippen LogP contribution < -0.4 is 15.2 Å². The summed E-state index contributed by atoms with van der Waals surface area (Å²) >= 11 is 0. The summed E-state index contributed by atoms with van der Waals surface area (Å²) in [7, 11) is -1.42. The first-order valence-corrected chi connectivity index (χ1v) is 18.5. The number of hydrogen-bond donors (Lipinski definition) is 0. The Morgan fingerprint density at radius 3 is 2.30 bits per heavy atom. The van der Waals surface area contributed by atoms with E-state index < -0.39 is 36.8 Å². The first-order valence-electron chi connectivity index (χ1n) is 14.8. The molecule has 1 amide bonds. The number of carbonyl (C=O) groups is 1. The molecule has 244 valence electrons. The Kier molecular flexibility index (Phi) is 10.0. The first-order chi connectivity index (χ1) is 20.4. The van der Waals surface area contributed by atoms with Gasteiger partial charge in [0.1, 0.15) is 17.9 Å². The zero-order valence-electron chi connectivity index (χ0n) is 26.2. The van der Waals surface area contributed by atoms with Crippen LogP contribution >= 0.6 is 0 Å². The van der Waals surface area contributed by atoms with Gasteiger partial charge in [0.05, 0.1) is 18.5 Å². The van der Waals surface area contributed by atoms with Gasteiger partial charge in [0, 0.05) is 40.9 Å². The number of hydrogen-bond acceptors (Lipinski definition) is 7. The van der Waals surface area contributed by atoms with E-state index in [1.165, 1.54) is 17.0 Å². The standard InChI is InChI=1S/C30H42F4N4O5Si/c1-29(2,3)43-28(40)36-9-7-20(8-10-36)18-42-25-14-22-17-37(16-21(22)13-23(25)31)24-15-35-38(19-41-11-12-44(4,5)6)27(39)26(24)30(32,33)34/h13-15,20H,7-12,16-19H2,1-6H3. The number of carbonyl (C=O) groups excluding carboxylic acids is 1. The fourth-order valence-electron chi connectivity index (χ4n) is 5.10. The third-order valence-electron chi connectivity index (χ3n) is 7.58. The molecule has 0 unspecified atom stereocenters. The van der Waals surface area contributed by atoms with Gasteiger partial charge in [-0.15, -0.1) is 0 Å². The lowest BCUT2D eigenvalue weighted by atomic mass is 9.98. The zero-order chi connectivity index (χ0) is 32.4. The van der Waals surface area contributed by atoms with Crippen molar-refractivity contribution < 1.29 is 36.6 Å². The molecule has 0 bridgehead atoms. The number of rotatable bonds is 9. The van der Waals surface area contributed by atoms with Crippen molar-refractivity contribution in [3.8, 4) is 5.75 Å². The Bertz CT molecular complexity index is 1400. The van der Waals surface area contributed by atoms with Gasteiger partial charge >= 0.3 is 12.3 Å². The molecule has 1 fully saturated rings. The Balaban J connectivity index is 1.40. The molecule has 44 heavy (non-hydrogen) atoms. The number of anilines is 1. The quantitative estimate of drug-likeness (QED) is 0.181. The van der Waals surface area contributed by atoms with Gasteiger partial charge in [0.15, 0.2) is 11.6 Å². The summed E-state index contributed by atoms with van der Waals surface area (Å²) in [6.45, 7) is 13.1. The van der Waals surface area contributed by atoms with E-state index in [1.54, 1.807) is 4.90 Å². The van der Waals surface area contributed by atoms with Crippen molar-refractivity contribution in [1.82, 2.24) is 14.7 Å². The topological polar surface area (TPSA) is 86.1 Å². The molecule has 1 aromatic heterocycles. The minimum atomic E-state index is -4.93. The van der Waals surface area contributed by atoms with Crippen molar-refractivity contribution in [2.45, 2.75) is 90.9 Å². The number of piperidine rings is 1. The highest BCUT2D eigenvalue weighted by Gasteiger charge is 2.40. The number of aromatic nitrogens is 2. The average Bonchev–Trinajstić information content (AvgIpc) is 3.31. The maximum absolute atomic E-state index is 15.0. The van der Waals surface area contributed by atoms with Gasteiger partial charge in [-0.2, -0.15) is 18.3 Å². The SMILES string of the molecule is CC(C)(C)OC(=O)N1CCC(COc2cc3c(cc2F)CN(c2cnn(COCC[Si](C)(C)C)c(=O)c2C(F)(F)F)C3)CC1. The number of fused-ring (bicyclic) bond motifs is 1. The van der Waals surface area contributed by atoms with E-state index in [1.807, 2.05) is 20.8 Å². The van der Waals surface area contributed by atoms with Crippen LogP contribution in [0.15, 0.2) is 23.1 Å². The summed E-state index contributed by atoms with van der Waals surface area (Å²) in [6.07, 6.45) is -2.93. The third-order valence-corrected chi connectivity index (χ3v) is 9.28. The Morgan fingerprint density at radius 1 is 1.07 bits per heavy atom. The minimum Gasteiger partial charge on any atom is -0.490 e. The second-order valence-corrected chi connectivity index (χ2v) is 19.3. The highest BCUT2D eigenvalue weighted by atomic mass is 28.3. The molecule has 14 heteroatoms. The number of amides is 1. The van der Waals surface area contributed by atoms with Crippen LogP contribution in [0.3, 0.4) is 0 Å². The van der Waals surface area contributed by atoms with Crippen molar-refractivity contribution in [2.24, 2.45) is 5.92 Å². The molecule has 2 aromatic rings. The highest BCUT2D eigenvalue weighted by Crippen LogP contribution is 2.38. The van der Waals surface area contributed by atoms with E-state index in [9.17, 15) is 27.2 Å². The molecule has 0 N–H and O–H groups in total. The third kappa shape index (κ3) is 8.74. The van der Waals surface area contributed by atoms with Crippen molar-refractivity contribution in [3.63, 3.8) is 0 Å². The monoisotopic (exact) mass is 642 g/mol. The van der Waals surface area contributed by atoms with E-state index >= 15 is 0 Å². The van der Waals surface area contributed by atoms with Gasteiger partial charge in [-0.1, -0.05) is 19.6 Å². The Hall–Kier alpha value is -3.13. The van der Waals surface area contributed by atoms with Crippen LogP contribution in [-0.4, -0.2) is 60.8 Å². The smallest absolute Gasteiger partial charge is 0.423 e. The Labute approximate surface area is 256 Å². The molecule has 3 heterocycles. The second kappa shape index (κ2) is 13.1. The number of halogens is 4. The predicted octanol–water partition coefficient (Wildman–Crippen LogP) is 6.26. The number of likely N-dealkylation sites (tertiary alicyclic amines) is 1. The molecule has 0 aliphatic carbocycles. The van der Waals surface area contributed by atoms with Crippen molar-refractivity contribution in [1.29, 1.82) is 0 Å². The number of benzene rings is 1. The molecule has 0 atom stereocenters. The van der Waals surface area contributed by atoms with Gasteiger partial charge in [0.25, 0.3) is 5.56 Å². The summed E-state index contributed by atoms with van der Waals surface area (Å²) in [5.41, 5.74) is -2.45. The summed E-state index contributed by atoms with van der Waals surface area (Å²) in [5, 5.41) is 3.96. The first kappa shape index (κ1) is 33.8. The molecule has 0 spiro atoms. The lowest BCUT2D eigenvalue weighted by molar-refractivity contribution is -0.138. The van der Waals surface area contributed by atoms with Gasteiger partial charge in [-0.05, 0) is 68.8 Å². The lowest BCUT2D eigenvalue weighted by Crippen LogP contribution is -2.42. The van der Waals surface area contributed by atoms with Gasteiger partial charge in [0.2, 0.25) is 0 Å². The maximum Gasteiger partial charge on any atom is 0.423 e. The van der Waals surface area contributed by atoms with Gasteiger partial charge in [-0.3, -0.25) is 4.79 Å². The van der Waals surface area contributed by atoms with Crippen molar-refractivity contribution in [2.75, 3.05) is 31.2 Å². The zero-order valence-corrected chi connectivity index (χ0v) is 27.2. The molecule has 1 saturated heterocycles. The number of nitrogens with zero attached hydrogens (tertiary/aromatic N) is 4. The van der Waals surface area contributed by atoms with Crippen LogP contribution in [-0.2, 0) is 35.5 Å². The molecular weight excluding hydrogens is 600 g/mol. The van der Waals surface area contributed by atoms with Crippen LogP contribution in [0, 0.1) is 11.7 Å². The molecule has 0 radical (unpaired) electrons. The molecule has 1 aromatic carbocycles. The van der Waals surface area contributed by atoms with E-state index in [-0.39, 0.29) is 49.9 Å². The van der Waals surface area contributed by atoms with Crippen molar-refractivity contribution in [3.05, 3.63) is 51.2 Å². The van der Waals surface area contributed by atoms with E-state index in [2.05, 4.69) is 24.7 Å². The molecule has 4 rings (SSSR count). The average molecular weight is 643 g/mol. The van der Waals surface area contributed by atoms with Crippen molar-refractivity contribution >= 4 is 19.9 Å². The fourth-order valence-corrected chi connectivity index (χ4v) is 5.86. The number of ether oxygens (including phenoxy) is 3. The predicted molar refractivity (Wildman–Crippen MR) is 160 cm³/mol. The van der Waals surface area contributed by atoms with Gasteiger partial charge in [-0.25, -0.2) is 13.9 Å². The molecular formula is C30H42F4N4O5Si. The minimum absolute atomic E-state index is 0.0141. The van der Waals surface area contributed by atoms with Gasteiger partial charge < -0.3 is 24.0 Å². The highest BCUT2D eigenvalue weighted by molar-refractivity contribution is 6.76. The van der Waals surface area contributed by atoms with Crippen LogP contribution in [0.25, 0.3) is 0 Å². The van der Waals surface area contributed by atoms with E-state index in [0.29, 0.717) is 48.3 Å². The second-order valence-electron chi connectivity index (χ2n) is 13.7.